The third-order valence-corrected chi connectivity index (χ3v) is 3.40. The van der Waals surface area contributed by atoms with Crippen LogP contribution >= 0.6 is 0 Å². The molecular formula is C17H10O4. The molecule has 4 heteroatoms. The van der Waals surface area contributed by atoms with E-state index >= 15 is 0 Å². The minimum atomic E-state index is -1.10. The topological polar surface area (TPSA) is 71.4 Å². The monoisotopic (exact) mass is 278 g/mol. The zero-order valence-corrected chi connectivity index (χ0v) is 10.9. The normalized spacial score (nSPS) is 13.2. The molecule has 0 amide bonds. The zero-order chi connectivity index (χ0) is 15.0. The summed E-state index contributed by atoms with van der Waals surface area (Å²) in [7, 11) is 0. The molecule has 0 aromatic heterocycles. The zero-order valence-electron chi connectivity index (χ0n) is 10.9. The molecule has 0 saturated heterocycles. The molecule has 3 rings (SSSR count). The molecule has 102 valence electrons. The summed E-state index contributed by atoms with van der Waals surface area (Å²) < 4.78 is 0. The molecule has 0 bridgehead atoms. The largest absolute Gasteiger partial charge is 0.478 e. The van der Waals surface area contributed by atoms with Gasteiger partial charge in [0.15, 0.2) is 11.6 Å². The third kappa shape index (κ3) is 2.07. The van der Waals surface area contributed by atoms with Crippen molar-refractivity contribution >= 4 is 23.6 Å². The van der Waals surface area contributed by atoms with E-state index in [4.69, 9.17) is 5.11 Å². The van der Waals surface area contributed by atoms with Crippen LogP contribution in [0.4, 0.5) is 0 Å². The first-order valence-corrected chi connectivity index (χ1v) is 6.32. The molecule has 2 aromatic rings. The first-order valence-electron chi connectivity index (χ1n) is 6.32. The fourth-order valence-electron chi connectivity index (χ4n) is 2.38. The minimum absolute atomic E-state index is 0.00454. The SMILES string of the molecule is O=C(O)c1ccccc1C=C1C(=O)c2ccccc2C1=O. The second-order valence-electron chi connectivity index (χ2n) is 4.65. The van der Waals surface area contributed by atoms with Crippen molar-refractivity contribution in [3.05, 3.63) is 76.4 Å². The number of rotatable bonds is 2. The lowest BCUT2D eigenvalue weighted by Gasteiger charge is -2.01. The van der Waals surface area contributed by atoms with Gasteiger partial charge in [0.1, 0.15) is 0 Å². The highest BCUT2D eigenvalue weighted by Crippen LogP contribution is 2.28. The van der Waals surface area contributed by atoms with Gasteiger partial charge in [0.2, 0.25) is 0 Å². The number of fused-ring (bicyclic) bond motifs is 1. The van der Waals surface area contributed by atoms with Crippen molar-refractivity contribution in [1.82, 2.24) is 0 Å². The van der Waals surface area contributed by atoms with Crippen LogP contribution in [0.3, 0.4) is 0 Å². The summed E-state index contributed by atoms with van der Waals surface area (Å²) in [5.41, 5.74) is 1.13. The van der Waals surface area contributed by atoms with Gasteiger partial charge in [-0.1, -0.05) is 42.5 Å². The number of hydrogen-bond acceptors (Lipinski definition) is 3. The van der Waals surface area contributed by atoms with E-state index in [1.807, 2.05) is 0 Å². The molecule has 1 aliphatic rings. The van der Waals surface area contributed by atoms with Crippen LogP contribution in [0.5, 0.6) is 0 Å². The maximum atomic E-state index is 12.3. The van der Waals surface area contributed by atoms with Crippen molar-refractivity contribution in [2.75, 3.05) is 0 Å². The summed E-state index contributed by atoms with van der Waals surface area (Å²) in [4.78, 5) is 35.7. The van der Waals surface area contributed by atoms with Crippen molar-refractivity contribution < 1.29 is 19.5 Å². The molecule has 1 aliphatic carbocycles. The van der Waals surface area contributed by atoms with Crippen LogP contribution in [-0.4, -0.2) is 22.6 Å². The van der Waals surface area contributed by atoms with E-state index in [9.17, 15) is 14.4 Å². The number of Topliss-reactive ketones (excluding diaryl/α,β-unsaturated/α-hetero) is 2. The van der Waals surface area contributed by atoms with Gasteiger partial charge in [-0.15, -0.1) is 0 Å². The van der Waals surface area contributed by atoms with Crippen LogP contribution in [0.15, 0.2) is 54.1 Å². The average molecular weight is 278 g/mol. The van der Waals surface area contributed by atoms with Crippen molar-refractivity contribution in [3.8, 4) is 0 Å². The molecule has 0 fully saturated rings. The Labute approximate surface area is 120 Å². The molecule has 0 atom stereocenters. The van der Waals surface area contributed by atoms with Crippen molar-refractivity contribution in [3.63, 3.8) is 0 Å². The highest BCUT2D eigenvalue weighted by molar-refractivity contribution is 6.41. The van der Waals surface area contributed by atoms with E-state index in [2.05, 4.69) is 0 Å². The maximum absolute atomic E-state index is 12.3. The number of carboxylic acids is 1. The van der Waals surface area contributed by atoms with Gasteiger partial charge in [-0.05, 0) is 17.7 Å². The standard InChI is InChI=1S/C17H10O4/c18-15-12-7-3-4-8-13(12)16(19)14(15)9-10-5-1-2-6-11(10)17(20)21/h1-9H,(H,20,21). The lowest BCUT2D eigenvalue weighted by Crippen LogP contribution is -2.03. The highest BCUT2D eigenvalue weighted by atomic mass is 16.4. The third-order valence-electron chi connectivity index (χ3n) is 3.40. The van der Waals surface area contributed by atoms with Crippen molar-refractivity contribution in [1.29, 1.82) is 0 Å². The van der Waals surface area contributed by atoms with Gasteiger partial charge in [-0.3, -0.25) is 9.59 Å². The van der Waals surface area contributed by atoms with Crippen molar-refractivity contribution in [2.45, 2.75) is 0 Å². The number of allylic oxidation sites excluding steroid dienone is 1. The minimum Gasteiger partial charge on any atom is -0.478 e. The van der Waals surface area contributed by atoms with Gasteiger partial charge in [0, 0.05) is 11.1 Å². The second kappa shape index (κ2) is 4.83. The number of benzene rings is 2. The van der Waals surface area contributed by atoms with Crippen LogP contribution in [0, 0.1) is 0 Å². The van der Waals surface area contributed by atoms with Gasteiger partial charge in [-0.2, -0.15) is 0 Å². The summed E-state index contributed by atoms with van der Waals surface area (Å²) in [6, 6.07) is 12.8. The Hall–Kier alpha value is -3.01. The molecule has 0 spiro atoms. The van der Waals surface area contributed by atoms with Gasteiger partial charge in [0.25, 0.3) is 0 Å². The molecular weight excluding hydrogens is 268 g/mol. The van der Waals surface area contributed by atoms with Crippen LogP contribution in [0.25, 0.3) is 6.08 Å². The van der Waals surface area contributed by atoms with E-state index in [-0.39, 0.29) is 22.7 Å². The molecule has 0 unspecified atom stereocenters. The van der Waals surface area contributed by atoms with Gasteiger partial charge < -0.3 is 5.11 Å². The average Bonchev–Trinajstić information content (AvgIpc) is 2.73. The number of carboxylic acid groups (broad SMARTS) is 1. The quantitative estimate of drug-likeness (QED) is 0.677. The Balaban J connectivity index is 2.13. The summed E-state index contributed by atoms with van der Waals surface area (Å²) in [6.07, 6.45) is 1.36. The number of carbonyl (C=O) groups excluding carboxylic acids is 2. The lowest BCUT2D eigenvalue weighted by atomic mass is 10.0. The lowest BCUT2D eigenvalue weighted by molar-refractivity contribution is 0.0696. The van der Waals surface area contributed by atoms with Crippen molar-refractivity contribution in [2.24, 2.45) is 0 Å². The van der Waals surface area contributed by atoms with Crippen LogP contribution in [0.2, 0.25) is 0 Å². The molecule has 21 heavy (non-hydrogen) atoms. The van der Waals surface area contributed by atoms with Crippen LogP contribution in [0.1, 0.15) is 36.6 Å². The van der Waals surface area contributed by atoms with Crippen LogP contribution in [-0.2, 0) is 0 Å². The molecule has 4 nitrogen and oxygen atoms in total. The first kappa shape index (κ1) is 13.0. The number of hydrogen-bond donors (Lipinski definition) is 1. The molecule has 0 radical (unpaired) electrons. The Morgan fingerprint density at radius 3 is 1.95 bits per heavy atom. The molecule has 1 N–H and O–H groups in total. The second-order valence-corrected chi connectivity index (χ2v) is 4.65. The van der Waals surface area contributed by atoms with E-state index < -0.39 is 5.97 Å². The predicted octanol–water partition coefficient (Wildman–Crippen LogP) is 2.85. The van der Waals surface area contributed by atoms with Gasteiger partial charge in [0.05, 0.1) is 11.1 Å². The number of carbonyl (C=O) groups is 3. The van der Waals surface area contributed by atoms with E-state index in [1.54, 1.807) is 42.5 Å². The molecule has 0 saturated carbocycles. The Morgan fingerprint density at radius 2 is 1.38 bits per heavy atom. The summed E-state index contributed by atoms with van der Waals surface area (Å²) in [5, 5.41) is 9.15. The smallest absolute Gasteiger partial charge is 0.336 e. The predicted molar refractivity (Wildman–Crippen MR) is 76.5 cm³/mol. The Kier molecular flexibility index (Phi) is 2.99. The van der Waals surface area contributed by atoms with Crippen LogP contribution < -0.4 is 0 Å². The summed E-state index contributed by atoms with van der Waals surface area (Å²) in [5.74, 6) is -1.83. The fourth-order valence-corrected chi connectivity index (χ4v) is 2.38. The molecule has 0 heterocycles. The highest BCUT2D eigenvalue weighted by Gasteiger charge is 2.32. The van der Waals surface area contributed by atoms with Gasteiger partial charge in [-0.25, -0.2) is 4.79 Å². The Bertz CT molecular complexity index is 778. The van der Waals surface area contributed by atoms with E-state index in [0.29, 0.717) is 16.7 Å². The van der Waals surface area contributed by atoms with Gasteiger partial charge >= 0.3 is 5.97 Å². The Morgan fingerprint density at radius 1 is 0.857 bits per heavy atom. The van der Waals surface area contributed by atoms with E-state index in [0.717, 1.165) is 0 Å². The summed E-state index contributed by atoms with van der Waals surface area (Å²) >= 11 is 0. The maximum Gasteiger partial charge on any atom is 0.336 e. The summed E-state index contributed by atoms with van der Waals surface area (Å²) in [6.45, 7) is 0. The first-order chi connectivity index (χ1) is 10.1. The van der Waals surface area contributed by atoms with E-state index in [1.165, 1.54) is 12.1 Å². The molecule has 2 aromatic carbocycles. The number of ketones is 2. The molecule has 0 aliphatic heterocycles. The number of aromatic carboxylic acids is 1. The fraction of sp³-hybridized carbons (Fsp3) is 0.